The third kappa shape index (κ3) is 2.41. The first-order valence-corrected chi connectivity index (χ1v) is 3.74. The highest BCUT2D eigenvalue weighted by Gasteiger charge is 2.11. The number of rotatable bonds is 3. The molecular weight excluding hydrogens is 186 g/mol. The first kappa shape index (κ1) is 9.90. The molecular formula is C7H9N5O2. The second-order valence-corrected chi connectivity index (χ2v) is 2.44. The highest BCUT2D eigenvalue weighted by Crippen LogP contribution is 2.01. The van der Waals surface area contributed by atoms with Crippen LogP contribution in [0.2, 0.25) is 0 Å². The lowest BCUT2D eigenvalue weighted by atomic mass is 10.4. The van der Waals surface area contributed by atoms with Crippen molar-refractivity contribution in [2.24, 2.45) is 5.73 Å². The second kappa shape index (κ2) is 4.17. The van der Waals surface area contributed by atoms with Crippen molar-refractivity contribution in [3.63, 3.8) is 0 Å². The first-order chi connectivity index (χ1) is 6.61. The zero-order valence-corrected chi connectivity index (χ0v) is 7.23. The number of primary amides is 1. The standard InChI is InChI=1S/C7H9N5O2/c8-4(13)3-12-7(14)5-6(9)11-2-1-10-5/h1-2H,3H2,(H2,8,13)(H2,9,11)(H,12,14). The number of hydrogen-bond acceptors (Lipinski definition) is 5. The summed E-state index contributed by atoms with van der Waals surface area (Å²) in [6.07, 6.45) is 2.69. The van der Waals surface area contributed by atoms with E-state index in [4.69, 9.17) is 11.5 Å². The molecule has 0 aliphatic heterocycles. The lowest BCUT2D eigenvalue weighted by Crippen LogP contribution is -2.34. The van der Waals surface area contributed by atoms with Crippen LogP contribution in [0.4, 0.5) is 5.82 Å². The summed E-state index contributed by atoms with van der Waals surface area (Å²) in [4.78, 5) is 29.0. The molecule has 0 unspecified atom stereocenters. The van der Waals surface area contributed by atoms with E-state index in [-0.39, 0.29) is 18.1 Å². The molecule has 0 fully saturated rings. The number of aromatic nitrogens is 2. The van der Waals surface area contributed by atoms with Crippen molar-refractivity contribution in [1.29, 1.82) is 0 Å². The van der Waals surface area contributed by atoms with Crippen molar-refractivity contribution in [3.05, 3.63) is 18.1 Å². The molecule has 7 nitrogen and oxygen atoms in total. The Balaban J connectivity index is 2.70. The van der Waals surface area contributed by atoms with Gasteiger partial charge in [0.05, 0.1) is 6.54 Å². The summed E-state index contributed by atoms with van der Waals surface area (Å²) < 4.78 is 0. The molecule has 1 aromatic heterocycles. The van der Waals surface area contributed by atoms with Gasteiger partial charge < -0.3 is 16.8 Å². The van der Waals surface area contributed by atoms with E-state index in [9.17, 15) is 9.59 Å². The zero-order valence-electron chi connectivity index (χ0n) is 7.23. The van der Waals surface area contributed by atoms with Crippen LogP contribution in [-0.4, -0.2) is 28.3 Å². The smallest absolute Gasteiger partial charge is 0.274 e. The Morgan fingerprint density at radius 1 is 1.36 bits per heavy atom. The minimum atomic E-state index is -0.638. The lowest BCUT2D eigenvalue weighted by Gasteiger charge is -2.02. The molecule has 5 N–H and O–H groups in total. The second-order valence-electron chi connectivity index (χ2n) is 2.44. The number of nitrogens with two attached hydrogens (primary N) is 2. The van der Waals surface area contributed by atoms with Gasteiger partial charge in [-0.2, -0.15) is 0 Å². The van der Waals surface area contributed by atoms with Crippen LogP contribution in [0.15, 0.2) is 12.4 Å². The van der Waals surface area contributed by atoms with Gasteiger partial charge in [-0.25, -0.2) is 9.97 Å². The van der Waals surface area contributed by atoms with Crippen molar-refractivity contribution in [1.82, 2.24) is 15.3 Å². The van der Waals surface area contributed by atoms with Gasteiger partial charge >= 0.3 is 0 Å². The minimum Gasteiger partial charge on any atom is -0.382 e. The van der Waals surface area contributed by atoms with Gasteiger partial charge in [0.1, 0.15) is 0 Å². The maximum Gasteiger partial charge on any atom is 0.274 e. The van der Waals surface area contributed by atoms with E-state index in [1.807, 2.05) is 0 Å². The molecule has 1 rings (SSSR count). The molecule has 0 aliphatic rings. The third-order valence-corrected chi connectivity index (χ3v) is 1.36. The van der Waals surface area contributed by atoms with Crippen LogP contribution in [-0.2, 0) is 4.79 Å². The fourth-order valence-corrected chi connectivity index (χ4v) is 0.775. The Morgan fingerprint density at radius 2 is 2.00 bits per heavy atom. The Bertz CT molecular complexity index is 365. The molecule has 0 saturated heterocycles. The van der Waals surface area contributed by atoms with Gasteiger partial charge in [-0.05, 0) is 0 Å². The Hall–Kier alpha value is -2.18. The average molecular weight is 195 g/mol. The molecule has 2 amide bonds. The number of hydrogen-bond donors (Lipinski definition) is 3. The van der Waals surface area contributed by atoms with E-state index in [1.165, 1.54) is 12.4 Å². The van der Waals surface area contributed by atoms with E-state index in [0.717, 1.165) is 0 Å². The summed E-state index contributed by atoms with van der Waals surface area (Å²) in [6.45, 7) is -0.255. The van der Waals surface area contributed by atoms with Gasteiger partial charge in [0.2, 0.25) is 5.91 Å². The van der Waals surface area contributed by atoms with Crippen LogP contribution in [0.1, 0.15) is 10.5 Å². The monoisotopic (exact) mass is 195 g/mol. The fourth-order valence-electron chi connectivity index (χ4n) is 0.775. The topological polar surface area (TPSA) is 124 Å². The lowest BCUT2D eigenvalue weighted by molar-refractivity contribution is -0.117. The molecule has 0 saturated carbocycles. The van der Waals surface area contributed by atoms with Gasteiger partial charge in [0.15, 0.2) is 11.5 Å². The predicted molar refractivity (Wildman–Crippen MR) is 48.0 cm³/mol. The number of nitrogens with one attached hydrogen (secondary N) is 1. The summed E-state index contributed by atoms with van der Waals surface area (Å²) >= 11 is 0. The van der Waals surface area contributed by atoms with E-state index in [0.29, 0.717) is 0 Å². The van der Waals surface area contributed by atoms with Crippen LogP contribution in [0, 0.1) is 0 Å². The molecule has 0 aliphatic carbocycles. The van der Waals surface area contributed by atoms with E-state index < -0.39 is 11.8 Å². The first-order valence-electron chi connectivity index (χ1n) is 3.74. The SMILES string of the molecule is NC(=O)CNC(=O)c1nccnc1N. The highest BCUT2D eigenvalue weighted by molar-refractivity contribution is 5.97. The van der Waals surface area contributed by atoms with Crippen LogP contribution in [0.25, 0.3) is 0 Å². The number of nitrogens with zero attached hydrogens (tertiary/aromatic N) is 2. The molecule has 0 aromatic carbocycles. The van der Waals surface area contributed by atoms with Gasteiger partial charge in [0.25, 0.3) is 5.91 Å². The minimum absolute atomic E-state index is 0.00877. The number of amides is 2. The van der Waals surface area contributed by atoms with Gasteiger partial charge in [-0.3, -0.25) is 9.59 Å². The molecule has 0 radical (unpaired) electrons. The quantitative estimate of drug-likeness (QED) is 0.528. The molecule has 1 aromatic rings. The summed E-state index contributed by atoms with van der Waals surface area (Å²) in [7, 11) is 0. The number of carbonyl (C=O) groups excluding carboxylic acids is 2. The zero-order chi connectivity index (χ0) is 10.6. The molecule has 0 spiro atoms. The summed E-state index contributed by atoms with van der Waals surface area (Å²) in [5, 5.41) is 2.24. The average Bonchev–Trinajstić information content (AvgIpc) is 2.15. The van der Waals surface area contributed by atoms with Crippen LogP contribution in [0.3, 0.4) is 0 Å². The normalized spacial score (nSPS) is 9.43. The third-order valence-electron chi connectivity index (χ3n) is 1.36. The Morgan fingerprint density at radius 3 is 2.57 bits per heavy atom. The number of anilines is 1. The van der Waals surface area contributed by atoms with Crippen LogP contribution < -0.4 is 16.8 Å². The Labute approximate surface area is 79.5 Å². The predicted octanol–water partition coefficient (Wildman–Crippen LogP) is -1.73. The molecule has 0 bridgehead atoms. The fraction of sp³-hybridized carbons (Fsp3) is 0.143. The van der Waals surface area contributed by atoms with Crippen LogP contribution in [0.5, 0.6) is 0 Å². The largest absolute Gasteiger partial charge is 0.382 e. The van der Waals surface area contributed by atoms with E-state index in [1.54, 1.807) is 0 Å². The molecule has 7 heteroatoms. The summed E-state index contributed by atoms with van der Waals surface area (Å²) in [6, 6.07) is 0. The van der Waals surface area contributed by atoms with Crippen molar-refractivity contribution >= 4 is 17.6 Å². The molecule has 74 valence electrons. The van der Waals surface area contributed by atoms with Gasteiger partial charge in [-0.1, -0.05) is 0 Å². The van der Waals surface area contributed by atoms with Crippen molar-refractivity contribution in [2.75, 3.05) is 12.3 Å². The number of carbonyl (C=O) groups is 2. The molecule has 14 heavy (non-hydrogen) atoms. The maximum atomic E-state index is 11.3. The number of nitrogen functional groups attached to an aromatic ring is 1. The van der Waals surface area contributed by atoms with Crippen molar-refractivity contribution in [2.45, 2.75) is 0 Å². The van der Waals surface area contributed by atoms with Gasteiger partial charge in [-0.15, -0.1) is 0 Å². The van der Waals surface area contributed by atoms with E-state index in [2.05, 4.69) is 15.3 Å². The van der Waals surface area contributed by atoms with Crippen molar-refractivity contribution in [3.8, 4) is 0 Å². The Kier molecular flexibility index (Phi) is 2.95. The molecule has 0 atom stereocenters. The van der Waals surface area contributed by atoms with Crippen LogP contribution >= 0.6 is 0 Å². The van der Waals surface area contributed by atoms with Gasteiger partial charge in [0, 0.05) is 12.4 Å². The summed E-state index contributed by atoms with van der Waals surface area (Å²) in [5.74, 6) is -1.20. The highest BCUT2D eigenvalue weighted by atomic mass is 16.2. The molecule has 1 heterocycles. The van der Waals surface area contributed by atoms with E-state index >= 15 is 0 Å². The maximum absolute atomic E-state index is 11.3. The summed E-state index contributed by atoms with van der Waals surface area (Å²) in [5.41, 5.74) is 10.2. The van der Waals surface area contributed by atoms with Crippen molar-refractivity contribution < 1.29 is 9.59 Å².